The van der Waals surface area contributed by atoms with E-state index < -0.39 is 46.1 Å². The second-order valence-electron chi connectivity index (χ2n) is 13.6. The average molecular weight is 734 g/mol. The molecule has 2 bridgehead atoms. The van der Waals surface area contributed by atoms with Gasteiger partial charge in [-0.2, -0.15) is 37.2 Å². The Morgan fingerprint density at radius 3 is 2.59 bits per heavy atom. The van der Waals surface area contributed by atoms with Crippen LogP contribution in [0.1, 0.15) is 57.1 Å². The van der Waals surface area contributed by atoms with Crippen molar-refractivity contribution in [2.75, 3.05) is 43.4 Å². The van der Waals surface area contributed by atoms with Gasteiger partial charge in [0.1, 0.15) is 34.8 Å². The van der Waals surface area contributed by atoms with E-state index in [0.717, 1.165) is 63.0 Å². The molecule has 16 heteroatoms. The normalized spacial score (nSPS) is 22.6. The zero-order valence-corrected chi connectivity index (χ0v) is 27.3. The van der Waals surface area contributed by atoms with Gasteiger partial charge in [0, 0.05) is 41.5 Å². The Bertz CT molecular complexity index is 2120. The van der Waals surface area contributed by atoms with E-state index in [1.54, 1.807) is 4.90 Å². The minimum absolute atomic E-state index is 0. The number of nitrogens with one attached hydrogen (secondary N) is 1. The Kier molecular flexibility index (Phi) is 8.62. The molecule has 2 aromatic carbocycles. The van der Waals surface area contributed by atoms with Crippen molar-refractivity contribution in [1.82, 2.24) is 20.2 Å². The van der Waals surface area contributed by atoms with Crippen molar-refractivity contribution < 1.29 is 35.5 Å². The molecule has 4 fully saturated rings. The summed E-state index contributed by atoms with van der Waals surface area (Å²) >= 11 is 0.677. The Balaban J connectivity index is 0.00000406. The minimum Gasteiger partial charge on any atom is -0.461 e. The van der Waals surface area contributed by atoms with Gasteiger partial charge in [-0.1, -0.05) is 13.5 Å². The van der Waals surface area contributed by atoms with Gasteiger partial charge >= 0.3 is 12.2 Å². The number of anilines is 2. The molecule has 270 valence electrons. The Morgan fingerprint density at radius 2 is 1.90 bits per heavy atom. The van der Waals surface area contributed by atoms with Gasteiger partial charge in [-0.05, 0) is 69.3 Å². The lowest BCUT2D eigenvalue weighted by molar-refractivity contribution is -0.137. The maximum absolute atomic E-state index is 17.1. The summed E-state index contributed by atoms with van der Waals surface area (Å²) in [5.74, 6) is -2.29. The van der Waals surface area contributed by atoms with Crippen LogP contribution >= 0.6 is 11.3 Å². The largest absolute Gasteiger partial charge is 0.461 e. The fourth-order valence-corrected chi connectivity index (χ4v) is 9.55. The molecule has 4 aliphatic heterocycles. The van der Waals surface area contributed by atoms with Crippen molar-refractivity contribution in [1.29, 1.82) is 5.26 Å². The molecular formula is C35H34F7N7OS. The summed E-state index contributed by atoms with van der Waals surface area (Å²) in [6, 6.07) is 3.90. The molecular weight excluding hydrogens is 699 g/mol. The third-order valence-electron chi connectivity index (χ3n) is 10.7. The molecule has 4 saturated heterocycles. The van der Waals surface area contributed by atoms with E-state index in [2.05, 4.69) is 20.2 Å². The van der Waals surface area contributed by atoms with Gasteiger partial charge in [-0.3, -0.25) is 4.90 Å². The molecule has 8 rings (SSSR count). The first-order chi connectivity index (χ1) is 23.8. The summed E-state index contributed by atoms with van der Waals surface area (Å²) in [4.78, 5) is 12.8. The van der Waals surface area contributed by atoms with Crippen LogP contribution in [0, 0.1) is 23.0 Å². The topological polar surface area (TPSA) is 103 Å². The van der Waals surface area contributed by atoms with Crippen LogP contribution in [0.15, 0.2) is 30.4 Å². The van der Waals surface area contributed by atoms with Crippen molar-refractivity contribution in [3.63, 3.8) is 0 Å². The number of rotatable bonds is 6. The lowest BCUT2D eigenvalue weighted by Gasteiger charge is -2.40. The highest BCUT2D eigenvalue weighted by atomic mass is 32.1. The SMILES string of the molecule is C.N#Cc1c(N)sc2c(F)ccc(-c3c(C(F)(F)F)cc4c(N5C[C@H]6CC[C@@](C=C(F)F)(C5)N6)nc(OCC56CCCN5CCC6)nc4c3F)c12. The summed E-state index contributed by atoms with van der Waals surface area (Å²) in [6.07, 6.45) is -1.66. The van der Waals surface area contributed by atoms with E-state index in [0.29, 0.717) is 24.2 Å². The standard InChI is InChI=1S/C34H30F7N7OS.CH4/c35-22-4-3-18(24-20(13-42)29(43)50-28(22)24)25-21(34(39,40)41)11-19-27(26(25)38)44-31(49-16-33-6-1-9-48(33)10-2-7-33)45-30(19)47-14-17-5-8-32(15-47,46-17)12-23(36)37;/h3-4,11-12,17,46H,1-2,5-10,14-16,43H2;1H4/t17-,32-;/m1./s1. The lowest BCUT2D eigenvalue weighted by Crippen LogP contribution is -2.59. The molecule has 4 aliphatic rings. The molecule has 0 spiro atoms. The number of nitriles is 1. The van der Waals surface area contributed by atoms with Gasteiger partial charge in [0.15, 0.2) is 5.82 Å². The molecule has 4 aromatic rings. The maximum Gasteiger partial charge on any atom is 0.417 e. The highest BCUT2D eigenvalue weighted by Gasteiger charge is 2.47. The van der Waals surface area contributed by atoms with Crippen molar-refractivity contribution in [2.45, 2.75) is 69.2 Å². The third kappa shape index (κ3) is 5.73. The van der Waals surface area contributed by atoms with Crippen molar-refractivity contribution in [3.8, 4) is 23.2 Å². The molecule has 2 atom stereocenters. The summed E-state index contributed by atoms with van der Waals surface area (Å²) in [6.45, 7) is 2.11. The Labute approximate surface area is 292 Å². The van der Waals surface area contributed by atoms with Gasteiger partial charge in [0.25, 0.3) is 6.08 Å². The monoisotopic (exact) mass is 733 g/mol. The first-order valence-corrected chi connectivity index (χ1v) is 17.1. The smallest absolute Gasteiger partial charge is 0.417 e. The fraction of sp³-hybridized carbons (Fsp3) is 0.457. The van der Waals surface area contributed by atoms with Crippen molar-refractivity contribution >= 4 is 43.1 Å². The van der Waals surface area contributed by atoms with E-state index in [9.17, 15) is 18.4 Å². The number of nitrogens with two attached hydrogens (primary N) is 1. The number of fused-ring (bicyclic) bond motifs is 5. The molecule has 0 radical (unpaired) electrons. The molecule has 3 N–H and O–H groups in total. The Hall–Kier alpha value is -4.20. The summed E-state index contributed by atoms with van der Waals surface area (Å²) < 4.78 is 110. The maximum atomic E-state index is 17.1. The highest BCUT2D eigenvalue weighted by Crippen LogP contribution is 2.49. The van der Waals surface area contributed by atoms with Crippen LogP contribution in [0.25, 0.3) is 32.1 Å². The summed E-state index contributed by atoms with van der Waals surface area (Å²) in [5, 5.41) is 12.4. The fourth-order valence-electron chi connectivity index (χ4n) is 8.60. The number of thiophene rings is 1. The predicted molar refractivity (Wildman–Crippen MR) is 181 cm³/mol. The average Bonchev–Trinajstić information content (AvgIpc) is 3.80. The van der Waals surface area contributed by atoms with Gasteiger partial charge in [0.2, 0.25) is 0 Å². The van der Waals surface area contributed by atoms with Crippen LogP contribution in [-0.2, 0) is 6.18 Å². The molecule has 0 unspecified atom stereocenters. The van der Waals surface area contributed by atoms with Crippen LogP contribution in [0.2, 0.25) is 0 Å². The number of ether oxygens (including phenoxy) is 1. The second kappa shape index (κ2) is 12.5. The molecule has 0 saturated carbocycles. The quantitative estimate of drug-likeness (QED) is 0.192. The van der Waals surface area contributed by atoms with Crippen LogP contribution in [0.4, 0.5) is 41.6 Å². The van der Waals surface area contributed by atoms with E-state index >= 15 is 17.6 Å². The number of hydrogen-bond donors (Lipinski definition) is 2. The summed E-state index contributed by atoms with van der Waals surface area (Å²) in [5.41, 5.74) is 1.03. The molecule has 2 aromatic heterocycles. The summed E-state index contributed by atoms with van der Waals surface area (Å²) in [7, 11) is 0. The zero-order valence-electron chi connectivity index (χ0n) is 26.4. The minimum atomic E-state index is -5.14. The highest BCUT2D eigenvalue weighted by molar-refractivity contribution is 7.23. The first kappa shape index (κ1) is 35.2. The predicted octanol–water partition coefficient (Wildman–Crippen LogP) is 8.00. The zero-order chi connectivity index (χ0) is 35.2. The van der Waals surface area contributed by atoms with Gasteiger partial charge in [0.05, 0.1) is 26.9 Å². The first-order valence-electron chi connectivity index (χ1n) is 16.3. The number of hydrogen-bond acceptors (Lipinski definition) is 9. The number of aromatic nitrogens is 2. The molecule has 0 amide bonds. The van der Waals surface area contributed by atoms with Crippen LogP contribution < -0.4 is 20.7 Å². The van der Waals surface area contributed by atoms with E-state index in [-0.39, 0.29) is 82.1 Å². The number of piperazine rings is 1. The lowest BCUT2D eigenvalue weighted by atomic mass is 9.92. The van der Waals surface area contributed by atoms with Crippen LogP contribution in [0.3, 0.4) is 0 Å². The number of nitrogen functional groups attached to an aromatic ring is 1. The Morgan fingerprint density at radius 1 is 1.16 bits per heavy atom. The number of halogens is 7. The van der Waals surface area contributed by atoms with Crippen molar-refractivity contribution in [3.05, 3.63) is 53.1 Å². The third-order valence-corrected chi connectivity index (χ3v) is 11.7. The van der Waals surface area contributed by atoms with Gasteiger partial charge in [-0.25, -0.2) is 8.78 Å². The van der Waals surface area contributed by atoms with E-state index in [4.69, 9.17) is 10.5 Å². The van der Waals surface area contributed by atoms with E-state index in [1.807, 2.05) is 6.07 Å². The molecule has 8 nitrogen and oxygen atoms in total. The van der Waals surface area contributed by atoms with Crippen molar-refractivity contribution in [2.24, 2.45) is 0 Å². The van der Waals surface area contributed by atoms with Crippen LogP contribution in [-0.4, -0.2) is 64.8 Å². The number of nitrogens with zero attached hydrogens (tertiary/aromatic N) is 5. The number of benzene rings is 2. The van der Waals surface area contributed by atoms with Gasteiger partial charge in [-0.15, -0.1) is 11.3 Å². The molecule has 51 heavy (non-hydrogen) atoms. The van der Waals surface area contributed by atoms with E-state index in [1.165, 1.54) is 0 Å². The number of alkyl halides is 3. The second-order valence-corrected chi connectivity index (χ2v) is 14.7. The van der Waals surface area contributed by atoms with Crippen LogP contribution in [0.5, 0.6) is 6.01 Å². The molecule has 6 heterocycles. The van der Waals surface area contributed by atoms with Gasteiger partial charge < -0.3 is 20.7 Å². The molecule has 0 aliphatic carbocycles.